The van der Waals surface area contributed by atoms with Gasteiger partial charge >= 0.3 is 12.2 Å². The lowest BCUT2D eigenvalue weighted by molar-refractivity contribution is -0.137. The maximum atomic E-state index is 13.8. The molecule has 176 valence electrons. The zero-order valence-electron chi connectivity index (χ0n) is 18.8. The van der Waals surface area contributed by atoms with Crippen molar-refractivity contribution in [1.82, 2.24) is 9.97 Å². The minimum absolute atomic E-state index is 0.0234. The van der Waals surface area contributed by atoms with Crippen molar-refractivity contribution in [2.24, 2.45) is 0 Å². The fourth-order valence-electron chi connectivity index (χ4n) is 3.88. The topological polar surface area (TPSA) is 47.5 Å². The molecule has 0 atom stereocenters. The standard InChI is InChI=1S/C24H32F3N3O2/c1-3-4-5-11-16-31-21-15-10-9-14-20(21)30(2)22-19(24(25,26)27)17-28-23(29-22)32-18-12-7-6-8-13-18/h9-10,14-15,17-18H,3-8,11-13,16H2,1-2H3. The lowest BCUT2D eigenvalue weighted by Gasteiger charge is -2.26. The zero-order valence-corrected chi connectivity index (χ0v) is 18.8. The summed E-state index contributed by atoms with van der Waals surface area (Å²) in [7, 11) is 1.56. The van der Waals surface area contributed by atoms with Gasteiger partial charge in [-0.3, -0.25) is 0 Å². The third-order valence-electron chi connectivity index (χ3n) is 5.68. The van der Waals surface area contributed by atoms with E-state index in [-0.39, 0.29) is 17.9 Å². The Balaban J connectivity index is 1.85. The molecular weight excluding hydrogens is 419 g/mol. The molecule has 0 bridgehead atoms. The summed E-state index contributed by atoms with van der Waals surface area (Å²) in [6.07, 6.45) is 5.33. The van der Waals surface area contributed by atoms with E-state index < -0.39 is 11.7 Å². The van der Waals surface area contributed by atoms with Crippen LogP contribution < -0.4 is 14.4 Å². The van der Waals surface area contributed by atoms with Crippen LogP contribution in [-0.4, -0.2) is 29.7 Å². The number of hydrogen-bond acceptors (Lipinski definition) is 5. The second-order valence-electron chi connectivity index (χ2n) is 8.20. The summed E-state index contributed by atoms with van der Waals surface area (Å²) in [4.78, 5) is 9.46. The number of aromatic nitrogens is 2. The predicted octanol–water partition coefficient (Wildman–Crippen LogP) is 6.93. The number of unbranched alkanes of at least 4 members (excludes halogenated alkanes) is 3. The quantitative estimate of drug-likeness (QED) is 0.366. The Morgan fingerprint density at radius 3 is 2.53 bits per heavy atom. The van der Waals surface area contributed by atoms with Crippen LogP contribution in [0.3, 0.4) is 0 Å². The van der Waals surface area contributed by atoms with Gasteiger partial charge in [0.1, 0.15) is 17.4 Å². The van der Waals surface area contributed by atoms with Crippen molar-refractivity contribution in [3.05, 3.63) is 36.0 Å². The molecule has 0 unspecified atom stereocenters. The van der Waals surface area contributed by atoms with E-state index in [1.54, 1.807) is 31.3 Å². The van der Waals surface area contributed by atoms with Crippen molar-refractivity contribution in [2.45, 2.75) is 77.0 Å². The lowest BCUT2D eigenvalue weighted by atomic mass is 9.98. The van der Waals surface area contributed by atoms with E-state index >= 15 is 0 Å². The minimum Gasteiger partial charge on any atom is -0.491 e. The van der Waals surface area contributed by atoms with Gasteiger partial charge in [-0.15, -0.1) is 0 Å². The molecule has 32 heavy (non-hydrogen) atoms. The summed E-state index contributed by atoms with van der Waals surface area (Å²) in [5, 5.41) is 0. The van der Waals surface area contributed by atoms with Crippen molar-refractivity contribution in [3.8, 4) is 11.8 Å². The predicted molar refractivity (Wildman–Crippen MR) is 119 cm³/mol. The first-order chi connectivity index (χ1) is 15.4. The second-order valence-corrected chi connectivity index (χ2v) is 8.20. The van der Waals surface area contributed by atoms with Crippen LogP contribution in [0.25, 0.3) is 0 Å². The van der Waals surface area contributed by atoms with Crippen LogP contribution in [0.4, 0.5) is 24.7 Å². The number of alkyl halides is 3. The smallest absolute Gasteiger partial charge is 0.421 e. The van der Waals surface area contributed by atoms with E-state index in [9.17, 15) is 13.2 Å². The molecule has 0 spiro atoms. The first kappa shape index (κ1) is 24.1. The van der Waals surface area contributed by atoms with Crippen LogP contribution in [0.2, 0.25) is 0 Å². The van der Waals surface area contributed by atoms with Crippen LogP contribution in [0.1, 0.15) is 70.3 Å². The van der Waals surface area contributed by atoms with Crippen LogP contribution in [0, 0.1) is 0 Å². The highest BCUT2D eigenvalue weighted by Gasteiger charge is 2.37. The van der Waals surface area contributed by atoms with Gasteiger partial charge in [-0.25, -0.2) is 4.98 Å². The Hall–Kier alpha value is -2.51. The van der Waals surface area contributed by atoms with Gasteiger partial charge in [-0.05, 0) is 44.2 Å². The van der Waals surface area contributed by atoms with Gasteiger partial charge in [0.25, 0.3) is 0 Å². The fourth-order valence-corrected chi connectivity index (χ4v) is 3.88. The highest BCUT2D eigenvalue weighted by atomic mass is 19.4. The van der Waals surface area contributed by atoms with E-state index in [0.717, 1.165) is 64.0 Å². The summed E-state index contributed by atoms with van der Waals surface area (Å²) in [6.45, 7) is 2.65. The number of halogens is 3. The molecule has 3 rings (SSSR count). The van der Waals surface area contributed by atoms with Crippen molar-refractivity contribution in [3.63, 3.8) is 0 Å². The third kappa shape index (κ3) is 6.50. The molecule has 0 aliphatic heterocycles. The number of nitrogens with zero attached hydrogens (tertiary/aromatic N) is 3. The van der Waals surface area contributed by atoms with Crippen LogP contribution in [0.5, 0.6) is 11.8 Å². The van der Waals surface area contributed by atoms with Crippen LogP contribution >= 0.6 is 0 Å². The number of benzene rings is 1. The Bertz CT molecular complexity index is 855. The highest BCUT2D eigenvalue weighted by molar-refractivity contribution is 5.68. The first-order valence-electron chi connectivity index (χ1n) is 11.5. The molecule has 0 radical (unpaired) electrons. The van der Waals surface area contributed by atoms with Gasteiger partial charge in [0.15, 0.2) is 5.82 Å². The molecule has 0 saturated heterocycles. The molecule has 0 N–H and O–H groups in total. The molecule has 0 amide bonds. The monoisotopic (exact) mass is 451 g/mol. The van der Waals surface area contributed by atoms with Crippen molar-refractivity contribution in [2.75, 3.05) is 18.6 Å². The van der Waals surface area contributed by atoms with E-state index in [1.165, 1.54) is 4.90 Å². The molecule has 1 aliphatic carbocycles. The second kappa shape index (κ2) is 11.4. The SMILES string of the molecule is CCCCCCOc1ccccc1N(C)c1nc(OC2CCCCC2)ncc1C(F)(F)F. The van der Waals surface area contributed by atoms with E-state index in [0.29, 0.717) is 18.0 Å². The average Bonchev–Trinajstić information content (AvgIpc) is 2.79. The largest absolute Gasteiger partial charge is 0.491 e. The zero-order chi connectivity index (χ0) is 23.0. The van der Waals surface area contributed by atoms with Gasteiger partial charge in [0, 0.05) is 13.2 Å². The highest BCUT2D eigenvalue weighted by Crippen LogP contribution is 2.40. The van der Waals surface area contributed by atoms with Gasteiger partial charge in [0.2, 0.25) is 0 Å². The summed E-state index contributed by atoms with van der Waals surface area (Å²) in [5.74, 6) is 0.272. The molecule has 1 aromatic carbocycles. The van der Waals surface area contributed by atoms with Crippen LogP contribution in [0.15, 0.2) is 30.5 Å². The average molecular weight is 452 g/mol. The Labute approximate surface area is 188 Å². The van der Waals surface area contributed by atoms with E-state index in [4.69, 9.17) is 9.47 Å². The van der Waals surface area contributed by atoms with Gasteiger partial charge < -0.3 is 14.4 Å². The van der Waals surface area contributed by atoms with Crippen molar-refractivity contribution >= 4 is 11.5 Å². The number of hydrogen-bond donors (Lipinski definition) is 0. The van der Waals surface area contributed by atoms with Gasteiger partial charge in [-0.2, -0.15) is 18.2 Å². The summed E-state index contributed by atoms with van der Waals surface area (Å²) in [5.41, 5.74) is -0.399. The molecule has 1 heterocycles. The summed E-state index contributed by atoms with van der Waals surface area (Å²) in [6, 6.07) is 7.04. The lowest BCUT2D eigenvalue weighted by Crippen LogP contribution is -2.23. The third-order valence-corrected chi connectivity index (χ3v) is 5.68. The fraction of sp³-hybridized carbons (Fsp3) is 0.583. The van der Waals surface area contributed by atoms with Crippen LogP contribution in [-0.2, 0) is 6.18 Å². The van der Waals surface area contributed by atoms with Crippen molar-refractivity contribution in [1.29, 1.82) is 0 Å². The number of para-hydroxylation sites is 2. The van der Waals surface area contributed by atoms with E-state index in [2.05, 4.69) is 16.9 Å². The molecule has 5 nitrogen and oxygen atoms in total. The molecule has 1 aliphatic rings. The maximum Gasteiger partial charge on any atom is 0.421 e. The number of ether oxygens (including phenoxy) is 2. The maximum absolute atomic E-state index is 13.8. The van der Waals surface area contributed by atoms with Gasteiger partial charge in [-0.1, -0.05) is 44.7 Å². The summed E-state index contributed by atoms with van der Waals surface area (Å²) >= 11 is 0. The normalized spacial score (nSPS) is 14.9. The molecule has 2 aromatic rings. The van der Waals surface area contributed by atoms with E-state index in [1.807, 2.05) is 0 Å². The Kier molecular flexibility index (Phi) is 8.59. The van der Waals surface area contributed by atoms with Gasteiger partial charge in [0.05, 0.1) is 12.3 Å². The molecule has 1 saturated carbocycles. The Morgan fingerprint density at radius 2 is 1.81 bits per heavy atom. The summed E-state index contributed by atoms with van der Waals surface area (Å²) < 4.78 is 53.0. The Morgan fingerprint density at radius 1 is 1.06 bits per heavy atom. The molecular formula is C24H32F3N3O2. The molecule has 1 aromatic heterocycles. The van der Waals surface area contributed by atoms with Crippen molar-refractivity contribution < 1.29 is 22.6 Å². The molecule has 8 heteroatoms. The first-order valence-corrected chi connectivity index (χ1v) is 11.5. The number of rotatable bonds is 10. The minimum atomic E-state index is -4.59. The number of anilines is 2. The molecule has 1 fully saturated rings.